The van der Waals surface area contributed by atoms with E-state index >= 15 is 0 Å². The van der Waals surface area contributed by atoms with Crippen LogP contribution in [0.2, 0.25) is 0 Å². The van der Waals surface area contributed by atoms with Crippen LogP contribution in [0.5, 0.6) is 5.88 Å². The molecule has 0 aliphatic heterocycles. The molecule has 3 aromatic heterocycles. The van der Waals surface area contributed by atoms with Crippen molar-refractivity contribution in [3.05, 3.63) is 53.2 Å². The average Bonchev–Trinajstić information content (AvgIpc) is 2.87. The molecule has 0 amide bonds. The summed E-state index contributed by atoms with van der Waals surface area (Å²) in [6, 6.07) is 5.74. The van der Waals surface area contributed by atoms with E-state index in [2.05, 4.69) is 20.3 Å². The van der Waals surface area contributed by atoms with Crippen LogP contribution in [-0.2, 0) is 6.61 Å². The predicted molar refractivity (Wildman–Crippen MR) is 80.3 cm³/mol. The molecule has 0 aromatic carbocycles. The van der Waals surface area contributed by atoms with E-state index in [-0.39, 0.29) is 0 Å². The Morgan fingerprint density at radius 1 is 1.14 bits per heavy atom. The first kappa shape index (κ1) is 14.2. The topological polar surface area (TPSA) is 73.9 Å². The maximum atomic E-state index is 5.70. The van der Waals surface area contributed by atoms with Crippen molar-refractivity contribution in [2.24, 2.45) is 0 Å². The van der Waals surface area contributed by atoms with E-state index in [1.807, 2.05) is 39.0 Å². The zero-order valence-electron chi connectivity index (χ0n) is 12.7. The third kappa shape index (κ3) is 2.95. The van der Waals surface area contributed by atoms with Gasteiger partial charge in [-0.15, -0.1) is 5.10 Å². The number of pyridine rings is 1. The molecule has 0 unspecified atom stereocenters. The number of hydrogen-bond donors (Lipinski definition) is 0. The lowest BCUT2D eigenvalue weighted by Gasteiger charge is -2.06. The number of nitrogens with zero attached hydrogens (tertiary/aromatic N) is 4. The largest absolute Gasteiger partial charge is 0.471 e. The van der Waals surface area contributed by atoms with Crippen molar-refractivity contribution in [2.45, 2.75) is 27.4 Å². The molecule has 0 spiro atoms. The lowest BCUT2D eigenvalue weighted by Crippen LogP contribution is -2.00. The van der Waals surface area contributed by atoms with Crippen LogP contribution in [-0.4, -0.2) is 20.3 Å². The zero-order valence-corrected chi connectivity index (χ0v) is 12.7. The van der Waals surface area contributed by atoms with Crippen molar-refractivity contribution in [1.82, 2.24) is 20.3 Å². The molecule has 6 heteroatoms. The minimum atomic E-state index is 0.316. The van der Waals surface area contributed by atoms with Crippen molar-refractivity contribution in [3.8, 4) is 17.1 Å². The van der Waals surface area contributed by atoms with E-state index in [9.17, 15) is 0 Å². The Balaban J connectivity index is 1.85. The Morgan fingerprint density at radius 3 is 2.73 bits per heavy atom. The number of aromatic nitrogens is 4. The Morgan fingerprint density at radius 2 is 2.00 bits per heavy atom. The molecule has 112 valence electrons. The number of ether oxygens (including phenoxy) is 1. The van der Waals surface area contributed by atoms with Crippen molar-refractivity contribution < 1.29 is 9.26 Å². The summed E-state index contributed by atoms with van der Waals surface area (Å²) < 4.78 is 11.0. The predicted octanol–water partition coefficient (Wildman–Crippen LogP) is 3.03. The SMILES string of the molecule is Cc1cnnc(OCc2c(-c3ccc(C)nc3)noc2C)c1. The Bertz CT molecular complexity index is 781. The molecular formula is C16H16N4O2. The van der Waals surface area contributed by atoms with Gasteiger partial charge in [-0.3, -0.25) is 4.98 Å². The molecule has 3 rings (SSSR count). The fraction of sp³-hybridized carbons (Fsp3) is 0.250. The highest BCUT2D eigenvalue weighted by Crippen LogP contribution is 2.25. The van der Waals surface area contributed by atoms with Crippen LogP contribution in [0.4, 0.5) is 0 Å². The molecule has 3 heterocycles. The first-order valence-electron chi connectivity index (χ1n) is 6.94. The molecular weight excluding hydrogens is 280 g/mol. The molecule has 0 atom stereocenters. The van der Waals surface area contributed by atoms with Gasteiger partial charge in [0.1, 0.15) is 18.1 Å². The highest BCUT2D eigenvalue weighted by atomic mass is 16.5. The summed E-state index contributed by atoms with van der Waals surface area (Å²) in [5, 5.41) is 11.9. The summed E-state index contributed by atoms with van der Waals surface area (Å²) in [4.78, 5) is 4.29. The third-order valence-electron chi connectivity index (χ3n) is 3.30. The molecule has 6 nitrogen and oxygen atoms in total. The molecule has 0 aliphatic rings. The molecule has 0 fully saturated rings. The maximum Gasteiger partial charge on any atom is 0.233 e. The van der Waals surface area contributed by atoms with Crippen molar-refractivity contribution in [2.75, 3.05) is 0 Å². The van der Waals surface area contributed by atoms with Gasteiger partial charge in [-0.2, -0.15) is 5.10 Å². The quantitative estimate of drug-likeness (QED) is 0.736. The van der Waals surface area contributed by atoms with Crippen LogP contribution in [0.25, 0.3) is 11.3 Å². The van der Waals surface area contributed by atoms with Gasteiger partial charge in [-0.25, -0.2) is 0 Å². The second kappa shape index (κ2) is 5.93. The van der Waals surface area contributed by atoms with Crippen molar-refractivity contribution in [1.29, 1.82) is 0 Å². The van der Waals surface area contributed by atoms with Gasteiger partial charge in [-0.05, 0) is 38.5 Å². The summed E-state index contributed by atoms with van der Waals surface area (Å²) in [6.07, 6.45) is 3.46. The number of hydrogen-bond acceptors (Lipinski definition) is 6. The van der Waals surface area contributed by atoms with Crippen LogP contribution in [0, 0.1) is 20.8 Å². The van der Waals surface area contributed by atoms with Crippen LogP contribution in [0.3, 0.4) is 0 Å². The zero-order chi connectivity index (χ0) is 15.5. The summed E-state index contributed by atoms with van der Waals surface area (Å²) in [5.74, 6) is 1.20. The summed E-state index contributed by atoms with van der Waals surface area (Å²) in [5.41, 5.74) is 4.47. The minimum Gasteiger partial charge on any atom is -0.471 e. The standard InChI is InChI=1S/C16H16N4O2/c1-10-6-15(19-18-7-10)21-9-14-12(3)22-20-16(14)13-5-4-11(2)17-8-13/h4-8H,9H2,1-3H3. The first-order valence-corrected chi connectivity index (χ1v) is 6.94. The molecule has 22 heavy (non-hydrogen) atoms. The molecule has 0 saturated carbocycles. The van der Waals surface area contributed by atoms with E-state index in [1.54, 1.807) is 12.4 Å². The monoisotopic (exact) mass is 296 g/mol. The van der Waals surface area contributed by atoms with Gasteiger partial charge in [0.05, 0.1) is 11.8 Å². The van der Waals surface area contributed by atoms with Gasteiger partial charge in [0.15, 0.2) is 0 Å². The summed E-state index contributed by atoms with van der Waals surface area (Å²) >= 11 is 0. The lowest BCUT2D eigenvalue weighted by atomic mass is 10.1. The second-order valence-corrected chi connectivity index (χ2v) is 5.11. The van der Waals surface area contributed by atoms with Crippen LogP contribution < -0.4 is 4.74 Å². The molecule has 0 radical (unpaired) electrons. The van der Waals surface area contributed by atoms with E-state index in [0.717, 1.165) is 33.8 Å². The highest BCUT2D eigenvalue weighted by Gasteiger charge is 2.16. The van der Waals surface area contributed by atoms with E-state index in [1.165, 1.54) is 0 Å². The van der Waals surface area contributed by atoms with Gasteiger partial charge < -0.3 is 9.26 Å². The average molecular weight is 296 g/mol. The van der Waals surface area contributed by atoms with E-state index < -0.39 is 0 Å². The Kier molecular flexibility index (Phi) is 3.82. The van der Waals surface area contributed by atoms with Crippen molar-refractivity contribution >= 4 is 0 Å². The molecule has 0 saturated heterocycles. The van der Waals surface area contributed by atoms with Gasteiger partial charge in [-0.1, -0.05) is 5.16 Å². The van der Waals surface area contributed by atoms with Gasteiger partial charge in [0, 0.05) is 23.5 Å². The van der Waals surface area contributed by atoms with Gasteiger partial charge in [0.2, 0.25) is 5.88 Å². The molecule has 0 aliphatic carbocycles. The number of aryl methyl sites for hydroxylation is 3. The molecule has 3 aromatic rings. The smallest absolute Gasteiger partial charge is 0.233 e. The first-order chi connectivity index (χ1) is 10.6. The summed E-state index contributed by atoms with van der Waals surface area (Å²) in [7, 11) is 0. The van der Waals surface area contributed by atoms with Gasteiger partial charge >= 0.3 is 0 Å². The van der Waals surface area contributed by atoms with Crippen LogP contribution in [0.15, 0.2) is 35.1 Å². The van der Waals surface area contributed by atoms with Crippen molar-refractivity contribution in [3.63, 3.8) is 0 Å². The van der Waals surface area contributed by atoms with E-state index in [4.69, 9.17) is 9.26 Å². The Labute approximate surface area is 128 Å². The summed E-state index contributed by atoms with van der Waals surface area (Å²) in [6.45, 7) is 6.06. The molecule has 0 N–H and O–H groups in total. The fourth-order valence-electron chi connectivity index (χ4n) is 2.05. The fourth-order valence-corrected chi connectivity index (χ4v) is 2.05. The van der Waals surface area contributed by atoms with Crippen LogP contribution >= 0.6 is 0 Å². The normalized spacial score (nSPS) is 10.7. The van der Waals surface area contributed by atoms with E-state index in [0.29, 0.717) is 12.5 Å². The lowest BCUT2D eigenvalue weighted by molar-refractivity contribution is 0.287. The third-order valence-corrected chi connectivity index (χ3v) is 3.30. The van der Waals surface area contributed by atoms with Gasteiger partial charge in [0.25, 0.3) is 0 Å². The second-order valence-electron chi connectivity index (χ2n) is 5.11. The molecule has 0 bridgehead atoms. The highest BCUT2D eigenvalue weighted by molar-refractivity contribution is 5.62. The minimum absolute atomic E-state index is 0.316. The van der Waals surface area contributed by atoms with Crippen LogP contribution in [0.1, 0.15) is 22.6 Å². The number of rotatable bonds is 4. The Hall–Kier alpha value is -2.76. The maximum absolute atomic E-state index is 5.70.